The zero-order chi connectivity index (χ0) is 13.4. The van der Waals surface area contributed by atoms with Crippen LogP contribution in [0.5, 0.6) is 0 Å². The first-order chi connectivity index (χ1) is 9.15. The number of carbonyl (C=O) groups is 1. The van der Waals surface area contributed by atoms with Gasteiger partial charge in [0.15, 0.2) is 5.17 Å². The lowest BCUT2D eigenvalue weighted by Gasteiger charge is -2.08. The summed E-state index contributed by atoms with van der Waals surface area (Å²) in [6.07, 6.45) is 3.16. The highest BCUT2D eigenvalue weighted by Crippen LogP contribution is 2.36. The Kier molecular flexibility index (Phi) is 2.96. The first-order valence-corrected chi connectivity index (χ1v) is 6.94. The van der Waals surface area contributed by atoms with Crippen LogP contribution in [0.15, 0.2) is 27.7 Å². The number of hydrogen-bond donors (Lipinski definition) is 1. The molecule has 0 bridgehead atoms. The van der Waals surface area contributed by atoms with Gasteiger partial charge in [0.1, 0.15) is 10.8 Å². The Morgan fingerprint density at radius 3 is 2.95 bits per heavy atom. The Morgan fingerprint density at radius 1 is 1.47 bits per heavy atom. The number of hydrogen-bond acceptors (Lipinski definition) is 7. The smallest absolute Gasteiger partial charge is 0.273 e. The first-order valence-electron chi connectivity index (χ1n) is 5.31. The van der Waals surface area contributed by atoms with Crippen LogP contribution in [0.1, 0.15) is 10.8 Å². The van der Waals surface area contributed by atoms with Crippen molar-refractivity contribution in [3.63, 3.8) is 0 Å². The number of aryl methyl sites for hydroxylation is 1. The van der Waals surface area contributed by atoms with E-state index in [4.69, 9.17) is 9.83 Å². The molecule has 3 heterocycles. The third-order valence-electron chi connectivity index (χ3n) is 2.35. The summed E-state index contributed by atoms with van der Waals surface area (Å²) < 4.78 is 5.17. The molecule has 1 amide bonds. The molecule has 0 saturated carbocycles. The van der Waals surface area contributed by atoms with E-state index in [-0.39, 0.29) is 11.1 Å². The van der Waals surface area contributed by atoms with E-state index in [9.17, 15) is 4.79 Å². The molecular formula is C11H8N4O2S2. The Balaban J connectivity index is 1.93. The summed E-state index contributed by atoms with van der Waals surface area (Å²) >= 11 is 2.36. The number of nitrogens with one attached hydrogen (secondary N) is 1. The van der Waals surface area contributed by atoms with Crippen LogP contribution >= 0.6 is 23.1 Å². The standard InChI is InChI=1S/C11H8N4O2S2/c1-6-13-14-11(18-6)15-9(16)8(19-10(15)12)5-7-3-2-4-17-7/h2-5,12H,1H3. The van der Waals surface area contributed by atoms with Crippen molar-refractivity contribution in [1.29, 1.82) is 5.41 Å². The van der Waals surface area contributed by atoms with Crippen molar-refractivity contribution in [3.8, 4) is 0 Å². The monoisotopic (exact) mass is 292 g/mol. The fraction of sp³-hybridized carbons (Fsp3) is 0.0909. The normalized spacial score (nSPS) is 17.7. The molecule has 1 aliphatic heterocycles. The number of amides is 1. The van der Waals surface area contributed by atoms with Crippen LogP contribution in [0.4, 0.5) is 5.13 Å². The van der Waals surface area contributed by atoms with Crippen molar-refractivity contribution in [3.05, 3.63) is 34.1 Å². The average molecular weight is 292 g/mol. The van der Waals surface area contributed by atoms with Crippen molar-refractivity contribution in [2.45, 2.75) is 6.92 Å². The third-order valence-corrected chi connectivity index (χ3v) is 4.06. The second kappa shape index (κ2) is 4.63. The third kappa shape index (κ3) is 2.20. The maximum Gasteiger partial charge on any atom is 0.273 e. The summed E-state index contributed by atoms with van der Waals surface area (Å²) in [5, 5.41) is 16.9. The average Bonchev–Trinajstić information content (AvgIpc) is 3.05. The van der Waals surface area contributed by atoms with E-state index < -0.39 is 0 Å². The van der Waals surface area contributed by atoms with Crippen LogP contribution in [0.2, 0.25) is 0 Å². The summed E-state index contributed by atoms with van der Waals surface area (Å²) in [4.78, 5) is 13.9. The molecule has 2 aromatic heterocycles. The quantitative estimate of drug-likeness (QED) is 0.860. The minimum atomic E-state index is -0.275. The maximum atomic E-state index is 12.2. The van der Waals surface area contributed by atoms with E-state index in [1.54, 1.807) is 25.1 Å². The largest absolute Gasteiger partial charge is 0.465 e. The number of anilines is 1. The lowest BCUT2D eigenvalue weighted by atomic mass is 10.3. The Morgan fingerprint density at radius 2 is 2.32 bits per heavy atom. The molecule has 1 saturated heterocycles. The number of nitrogens with zero attached hydrogens (tertiary/aromatic N) is 3. The Bertz CT molecular complexity index is 675. The van der Waals surface area contributed by atoms with Gasteiger partial charge in [-0.05, 0) is 30.8 Å². The Hall–Kier alpha value is -1.93. The highest BCUT2D eigenvalue weighted by Gasteiger charge is 2.35. The summed E-state index contributed by atoms with van der Waals surface area (Å²) in [5.74, 6) is 0.307. The van der Waals surface area contributed by atoms with Gasteiger partial charge in [0.05, 0.1) is 11.2 Å². The summed E-state index contributed by atoms with van der Waals surface area (Å²) in [5.41, 5.74) is 0. The number of furan rings is 1. The molecule has 0 spiro atoms. The summed E-state index contributed by atoms with van der Waals surface area (Å²) in [7, 11) is 0. The molecule has 19 heavy (non-hydrogen) atoms. The molecule has 96 valence electrons. The molecule has 0 unspecified atom stereocenters. The van der Waals surface area contributed by atoms with Crippen molar-refractivity contribution in [2.24, 2.45) is 0 Å². The van der Waals surface area contributed by atoms with Crippen LogP contribution in [0.25, 0.3) is 6.08 Å². The number of rotatable bonds is 2. The summed E-state index contributed by atoms with van der Waals surface area (Å²) in [6, 6.07) is 3.50. The second-order valence-corrected chi connectivity index (χ2v) is 5.87. The molecule has 8 heteroatoms. The van der Waals surface area contributed by atoms with E-state index in [1.807, 2.05) is 0 Å². The maximum absolute atomic E-state index is 12.2. The summed E-state index contributed by atoms with van der Waals surface area (Å²) in [6.45, 7) is 1.80. The molecule has 0 atom stereocenters. The number of amidine groups is 1. The van der Waals surface area contributed by atoms with E-state index in [1.165, 1.54) is 22.5 Å². The van der Waals surface area contributed by atoms with Gasteiger partial charge < -0.3 is 4.42 Å². The topological polar surface area (TPSA) is 83.1 Å². The van der Waals surface area contributed by atoms with Crippen LogP contribution in [0.3, 0.4) is 0 Å². The molecule has 3 rings (SSSR count). The predicted octanol–water partition coefficient (Wildman–Crippen LogP) is 2.50. The second-order valence-electron chi connectivity index (χ2n) is 3.68. The number of carbonyl (C=O) groups excluding carboxylic acids is 1. The lowest BCUT2D eigenvalue weighted by molar-refractivity contribution is -0.113. The highest BCUT2D eigenvalue weighted by molar-refractivity contribution is 8.19. The molecular weight excluding hydrogens is 284 g/mol. The lowest BCUT2D eigenvalue weighted by Crippen LogP contribution is -2.27. The fourth-order valence-corrected chi connectivity index (χ4v) is 3.11. The van der Waals surface area contributed by atoms with Crippen molar-refractivity contribution in [1.82, 2.24) is 10.2 Å². The van der Waals surface area contributed by atoms with E-state index >= 15 is 0 Å². The van der Waals surface area contributed by atoms with Gasteiger partial charge in [0.2, 0.25) is 5.13 Å². The zero-order valence-electron chi connectivity index (χ0n) is 9.78. The first kappa shape index (κ1) is 12.1. The Labute approximate surface area is 116 Å². The van der Waals surface area contributed by atoms with Crippen molar-refractivity contribution in [2.75, 3.05) is 4.90 Å². The molecule has 1 N–H and O–H groups in total. The van der Waals surface area contributed by atoms with Gasteiger partial charge in [-0.3, -0.25) is 10.2 Å². The number of thioether (sulfide) groups is 1. The van der Waals surface area contributed by atoms with E-state index in [2.05, 4.69) is 10.2 Å². The molecule has 1 aliphatic rings. The van der Waals surface area contributed by atoms with Crippen molar-refractivity contribution < 1.29 is 9.21 Å². The van der Waals surface area contributed by atoms with Gasteiger partial charge in [0, 0.05) is 6.08 Å². The SMILES string of the molecule is Cc1nnc(N2C(=N)SC(=Cc3ccco3)C2=O)s1. The van der Waals surface area contributed by atoms with Gasteiger partial charge in [-0.2, -0.15) is 0 Å². The zero-order valence-corrected chi connectivity index (χ0v) is 11.4. The fourth-order valence-electron chi connectivity index (χ4n) is 1.54. The van der Waals surface area contributed by atoms with Crippen LogP contribution in [-0.2, 0) is 4.79 Å². The van der Waals surface area contributed by atoms with Gasteiger partial charge in [0.25, 0.3) is 5.91 Å². The number of aromatic nitrogens is 2. The van der Waals surface area contributed by atoms with Gasteiger partial charge in [-0.1, -0.05) is 11.3 Å². The molecule has 0 aliphatic carbocycles. The molecule has 0 aromatic carbocycles. The van der Waals surface area contributed by atoms with Gasteiger partial charge in [-0.15, -0.1) is 10.2 Å². The van der Waals surface area contributed by atoms with Crippen molar-refractivity contribution >= 4 is 45.4 Å². The van der Waals surface area contributed by atoms with E-state index in [0.717, 1.165) is 16.8 Å². The molecule has 6 nitrogen and oxygen atoms in total. The minimum Gasteiger partial charge on any atom is -0.465 e. The van der Waals surface area contributed by atoms with Gasteiger partial charge >= 0.3 is 0 Å². The van der Waals surface area contributed by atoms with Crippen LogP contribution in [-0.4, -0.2) is 21.3 Å². The van der Waals surface area contributed by atoms with E-state index in [0.29, 0.717) is 15.8 Å². The van der Waals surface area contributed by atoms with Gasteiger partial charge in [-0.25, -0.2) is 4.90 Å². The molecule has 1 fully saturated rings. The molecule has 2 aromatic rings. The highest BCUT2D eigenvalue weighted by atomic mass is 32.2. The minimum absolute atomic E-state index is 0.124. The predicted molar refractivity (Wildman–Crippen MR) is 74.1 cm³/mol. The van der Waals surface area contributed by atoms with Crippen LogP contribution in [0, 0.1) is 12.3 Å². The molecule has 0 radical (unpaired) electrons. The van der Waals surface area contributed by atoms with Crippen LogP contribution < -0.4 is 4.90 Å².